The fraction of sp³-hybridized carbons (Fsp3) is 0.438. The van der Waals surface area contributed by atoms with Crippen molar-refractivity contribution in [3.8, 4) is 11.8 Å². The number of allylic oxidation sites excluding steroid dienone is 3. The molecule has 0 saturated carbocycles. The first kappa shape index (κ1) is 31.2. The summed E-state index contributed by atoms with van der Waals surface area (Å²) in [6.07, 6.45) is -0.865. The zero-order valence-corrected chi connectivity index (χ0v) is 25.6. The second-order valence-electron chi connectivity index (χ2n) is 11.9. The number of benzene rings is 1. The Morgan fingerprint density at radius 2 is 1.86 bits per heavy atom. The number of hydrogen-bond donors (Lipinski definition) is 2. The zero-order valence-electron chi connectivity index (χ0n) is 25.6. The number of nitrogen functional groups attached to an aromatic ring is 1. The van der Waals surface area contributed by atoms with Gasteiger partial charge in [-0.2, -0.15) is 18.3 Å². The van der Waals surface area contributed by atoms with E-state index in [1.165, 1.54) is 12.4 Å². The highest BCUT2D eigenvalue weighted by atomic mass is 19.4. The van der Waals surface area contributed by atoms with Crippen LogP contribution in [0.25, 0.3) is 11.0 Å². The van der Waals surface area contributed by atoms with Gasteiger partial charge in [0.1, 0.15) is 17.8 Å². The standard InChI is InChI=1S/C32H37F3N8O/c1-19(2)43-30-28(29(36)37-18-38-30)27(40-43)7-6-23-15-26(21(4)12-20(23)3)31(44)39-25-14-22(13-24(16-25)32(33,34)35)17-42-10-8-41(5)9-11-42/h13-16,18-19,21H,8-12,17H2,1-5H3,(H,39,44)(H2,36,37,38). The van der Waals surface area contributed by atoms with Gasteiger partial charge >= 0.3 is 6.18 Å². The van der Waals surface area contributed by atoms with Gasteiger partial charge in [-0.25, -0.2) is 14.6 Å². The first-order valence-corrected chi connectivity index (χ1v) is 14.7. The Bertz CT molecular complexity index is 1700. The van der Waals surface area contributed by atoms with E-state index in [2.05, 4.69) is 42.0 Å². The van der Waals surface area contributed by atoms with Crippen LogP contribution in [0, 0.1) is 17.8 Å². The number of rotatable bonds is 5. The van der Waals surface area contributed by atoms with E-state index in [-0.39, 0.29) is 23.5 Å². The van der Waals surface area contributed by atoms with Crippen molar-refractivity contribution in [1.29, 1.82) is 0 Å². The average Bonchev–Trinajstić information content (AvgIpc) is 3.33. The molecule has 3 N–H and O–H groups in total. The number of anilines is 2. The molecule has 12 heteroatoms. The number of halogens is 3. The maximum absolute atomic E-state index is 13.8. The lowest BCUT2D eigenvalue weighted by molar-refractivity contribution is -0.137. The summed E-state index contributed by atoms with van der Waals surface area (Å²) in [6, 6.07) is 3.80. The van der Waals surface area contributed by atoms with Crippen molar-refractivity contribution in [1.82, 2.24) is 29.5 Å². The van der Waals surface area contributed by atoms with Gasteiger partial charge in [-0.1, -0.05) is 18.4 Å². The van der Waals surface area contributed by atoms with Crippen LogP contribution in [0.4, 0.5) is 24.7 Å². The molecule has 1 fully saturated rings. The molecule has 0 bridgehead atoms. The molecule has 2 aromatic heterocycles. The van der Waals surface area contributed by atoms with Crippen LogP contribution in [-0.4, -0.2) is 68.7 Å². The van der Waals surface area contributed by atoms with Crippen molar-refractivity contribution in [3.05, 3.63) is 64.1 Å². The Hall–Kier alpha value is -4.21. The molecular formula is C32H37F3N8O. The van der Waals surface area contributed by atoms with Crippen LogP contribution in [0.15, 0.2) is 47.3 Å². The van der Waals surface area contributed by atoms with Gasteiger partial charge in [0.05, 0.1) is 10.9 Å². The number of nitrogens with one attached hydrogen (secondary N) is 1. The van der Waals surface area contributed by atoms with Gasteiger partial charge < -0.3 is 16.0 Å². The van der Waals surface area contributed by atoms with Gasteiger partial charge in [-0.15, -0.1) is 0 Å². The Morgan fingerprint density at radius 1 is 1.14 bits per heavy atom. The third kappa shape index (κ3) is 6.79. The fourth-order valence-electron chi connectivity index (χ4n) is 5.59. The van der Waals surface area contributed by atoms with Crippen LogP contribution < -0.4 is 11.1 Å². The van der Waals surface area contributed by atoms with E-state index in [9.17, 15) is 18.0 Å². The summed E-state index contributed by atoms with van der Waals surface area (Å²) in [5.74, 6) is 5.90. The maximum atomic E-state index is 13.8. The average molecular weight is 607 g/mol. The second kappa shape index (κ2) is 12.4. The maximum Gasteiger partial charge on any atom is 0.416 e. The van der Waals surface area contributed by atoms with Gasteiger partial charge in [0.2, 0.25) is 0 Å². The number of fused-ring (bicyclic) bond motifs is 1. The number of carbonyl (C=O) groups excluding carboxylic acids is 1. The normalized spacial score (nSPS) is 18.4. The molecule has 3 aromatic rings. The number of alkyl halides is 3. The third-order valence-corrected chi connectivity index (χ3v) is 8.07. The number of amides is 1. The van der Waals surface area contributed by atoms with E-state index in [0.29, 0.717) is 46.4 Å². The molecule has 1 unspecified atom stereocenters. The lowest BCUT2D eigenvalue weighted by atomic mass is 9.84. The van der Waals surface area contributed by atoms with E-state index >= 15 is 0 Å². The van der Waals surface area contributed by atoms with Crippen molar-refractivity contribution in [2.45, 2.75) is 52.9 Å². The molecular weight excluding hydrogens is 569 g/mol. The van der Waals surface area contributed by atoms with E-state index in [1.807, 2.05) is 34.7 Å². The number of nitrogens with zero attached hydrogens (tertiary/aromatic N) is 6. The second-order valence-corrected chi connectivity index (χ2v) is 11.9. The van der Waals surface area contributed by atoms with Gasteiger partial charge in [0.15, 0.2) is 5.65 Å². The van der Waals surface area contributed by atoms with Gasteiger partial charge in [0, 0.05) is 55.6 Å². The molecule has 0 spiro atoms. The van der Waals surface area contributed by atoms with Gasteiger partial charge in [-0.3, -0.25) is 9.69 Å². The van der Waals surface area contributed by atoms with E-state index in [0.717, 1.165) is 37.8 Å². The number of carbonyl (C=O) groups is 1. The topological polar surface area (TPSA) is 105 Å². The largest absolute Gasteiger partial charge is 0.416 e. The molecule has 9 nitrogen and oxygen atoms in total. The van der Waals surface area contributed by atoms with Crippen LogP contribution in [0.1, 0.15) is 57.0 Å². The number of likely N-dealkylation sites (N-methyl/N-ethyl adjacent to an activating group) is 1. The van der Waals surface area contributed by atoms with Crippen LogP contribution in [0.5, 0.6) is 0 Å². The molecule has 1 aromatic carbocycles. The van der Waals surface area contributed by atoms with Crippen molar-refractivity contribution < 1.29 is 18.0 Å². The number of aromatic nitrogens is 4. The Balaban J connectivity index is 1.42. The van der Waals surface area contributed by atoms with E-state index < -0.39 is 17.6 Å². The Labute approximate surface area is 255 Å². The molecule has 1 aliphatic carbocycles. The van der Waals surface area contributed by atoms with E-state index in [4.69, 9.17) is 5.73 Å². The summed E-state index contributed by atoms with van der Waals surface area (Å²) in [4.78, 5) is 26.2. The van der Waals surface area contributed by atoms with Crippen LogP contribution in [-0.2, 0) is 17.5 Å². The van der Waals surface area contributed by atoms with Crippen molar-refractivity contribution in [2.75, 3.05) is 44.3 Å². The smallest absolute Gasteiger partial charge is 0.383 e. The number of piperazine rings is 1. The third-order valence-electron chi connectivity index (χ3n) is 8.07. The molecule has 1 saturated heterocycles. The molecule has 2 aliphatic rings. The Kier molecular flexibility index (Phi) is 8.81. The molecule has 3 heterocycles. The molecule has 5 rings (SSSR count). The predicted molar refractivity (Wildman–Crippen MR) is 164 cm³/mol. The minimum atomic E-state index is -4.54. The Morgan fingerprint density at radius 3 is 2.55 bits per heavy atom. The summed E-state index contributed by atoms with van der Waals surface area (Å²) in [5, 5.41) is 7.91. The van der Waals surface area contributed by atoms with Crippen LogP contribution in [0.2, 0.25) is 0 Å². The van der Waals surface area contributed by atoms with Crippen LogP contribution >= 0.6 is 0 Å². The SMILES string of the molecule is CC1=C(C#Cc2nn(C(C)C)c3ncnc(N)c23)C=C(C(=O)Nc2cc(CN3CCN(C)CC3)cc(C(F)(F)F)c2)C(C)C1. The zero-order chi connectivity index (χ0) is 31.8. The van der Waals surface area contributed by atoms with Crippen molar-refractivity contribution >= 4 is 28.4 Å². The number of nitrogens with two attached hydrogens (primary N) is 1. The summed E-state index contributed by atoms with van der Waals surface area (Å²) >= 11 is 0. The first-order valence-electron chi connectivity index (χ1n) is 14.7. The summed E-state index contributed by atoms with van der Waals surface area (Å²) in [6.45, 7) is 11.4. The molecule has 1 amide bonds. The lowest BCUT2D eigenvalue weighted by Gasteiger charge is -2.32. The lowest BCUT2D eigenvalue weighted by Crippen LogP contribution is -2.43. The summed E-state index contributed by atoms with van der Waals surface area (Å²) in [7, 11) is 2.02. The van der Waals surface area contributed by atoms with Gasteiger partial charge in [0.25, 0.3) is 5.91 Å². The molecule has 0 radical (unpaired) electrons. The molecule has 232 valence electrons. The monoisotopic (exact) mass is 606 g/mol. The van der Waals surface area contributed by atoms with Crippen molar-refractivity contribution in [3.63, 3.8) is 0 Å². The minimum Gasteiger partial charge on any atom is -0.383 e. The van der Waals surface area contributed by atoms with Crippen molar-refractivity contribution in [2.24, 2.45) is 5.92 Å². The first-order chi connectivity index (χ1) is 20.8. The predicted octanol–water partition coefficient (Wildman–Crippen LogP) is 5.03. The summed E-state index contributed by atoms with van der Waals surface area (Å²) in [5.41, 5.74) is 9.07. The highest BCUT2D eigenvalue weighted by Crippen LogP contribution is 2.34. The highest BCUT2D eigenvalue weighted by molar-refractivity contribution is 6.05. The molecule has 1 atom stereocenters. The van der Waals surface area contributed by atoms with E-state index in [1.54, 1.807) is 16.8 Å². The van der Waals surface area contributed by atoms with Crippen LogP contribution in [0.3, 0.4) is 0 Å². The summed E-state index contributed by atoms with van der Waals surface area (Å²) < 4.78 is 43.2. The molecule has 1 aliphatic heterocycles. The fourth-order valence-corrected chi connectivity index (χ4v) is 5.59. The quantitative estimate of drug-likeness (QED) is 0.393. The number of hydrogen-bond acceptors (Lipinski definition) is 7. The highest BCUT2D eigenvalue weighted by Gasteiger charge is 2.32. The molecule has 44 heavy (non-hydrogen) atoms. The minimum absolute atomic E-state index is 0.0203. The van der Waals surface area contributed by atoms with Gasteiger partial charge in [-0.05, 0) is 75.9 Å².